The maximum atomic E-state index is 12.6. The summed E-state index contributed by atoms with van der Waals surface area (Å²) in [7, 11) is -3.48. The molecule has 0 radical (unpaired) electrons. The van der Waals surface area contributed by atoms with Crippen LogP contribution in [-0.2, 0) is 10.0 Å². The first-order chi connectivity index (χ1) is 11.0. The smallest absolute Gasteiger partial charge is 0.253 e. The van der Waals surface area contributed by atoms with Crippen molar-refractivity contribution < 1.29 is 18.3 Å². The van der Waals surface area contributed by atoms with E-state index in [2.05, 4.69) is 0 Å². The van der Waals surface area contributed by atoms with Gasteiger partial charge in [-0.25, -0.2) is 8.42 Å². The van der Waals surface area contributed by atoms with Crippen LogP contribution in [0.25, 0.3) is 0 Å². The van der Waals surface area contributed by atoms with E-state index in [1.807, 2.05) is 0 Å². The van der Waals surface area contributed by atoms with Gasteiger partial charge in [-0.3, -0.25) is 4.79 Å². The first-order valence-electron chi connectivity index (χ1n) is 7.64. The van der Waals surface area contributed by atoms with Crippen molar-refractivity contribution in [3.8, 4) is 0 Å². The second-order valence-electron chi connectivity index (χ2n) is 5.73. The average Bonchev–Trinajstić information content (AvgIpc) is 3.01. The Bertz CT molecular complexity index is 669. The third-order valence-electron chi connectivity index (χ3n) is 4.16. The largest absolute Gasteiger partial charge is 0.391 e. The number of carbonyl (C=O) groups is 1. The maximum absolute atomic E-state index is 12.6. The summed E-state index contributed by atoms with van der Waals surface area (Å²) in [5.41, 5.74) is 0.451. The zero-order valence-electron chi connectivity index (χ0n) is 12.7. The summed E-state index contributed by atoms with van der Waals surface area (Å²) in [6.07, 6.45) is 0.126. The SMILES string of the molecule is O=C(c1ccc(S(=O)(=O)N2CCSCC2)cc1)N1CCC(O)C1. The van der Waals surface area contributed by atoms with Crippen molar-refractivity contribution in [1.82, 2.24) is 9.21 Å². The van der Waals surface area contributed by atoms with Crippen molar-refractivity contribution in [3.05, 3.63) is 29.8 Å². The Morgan fingerprint density at radius 2 is 1.78 bits per heavy atom. The van der Waals surface area contributed by atoms with E-state index < -0.39 is 16.1 Å². The zero-order chi connectivity index (χ0) is 16.4. The molecule has 0 spiro atoms. The number of β-amino-alcohol motifs (C(OH)–C–C–N with tert-alkyl or cyclic N) is 1. The standard InChI is InChI=1S/C15H20N2O4S2/c18-13-5-6-16(11-13)15(19)12-1-3-14(4-2-12)23(20,21)17-7-9-22-10-8-17/h1-4,13,18H,5-11H2. The van der Waals surface area contributed by atoms with Crippen molar-refractivity contribution in [2.45, 2.75) is 17.4 Å². The predicted molar refractivity (Wildman–Crippen MR) is 89.1 cm³/mol. The molecule has 6 nitrogen and oxygen atoms in total. The minimum absolute atomic E-state index is 0.167. The summed E-state index contributed by atoms with van der Waals surface area (Å²) in [6, 6.07) is 6.10. The van der Waals surface area contributed by atoms with Gasteiger partial charge >= 0.3 is 0 Å². The Labute approximate surface area is 140 Å². The molecule has 2 fully saturated rings. The normalized spacial score (nSPS) is 23.2. The molecule has 1 aromatic rings. The van der Waals surface area contributed by atoms with Crippen LogP contribution in [0.5, 0.6) is 0 Å². The monoisotopic (exact) mass is 356 g/mol. The lowest BCUT2D eigenvalue weighted by Crippen LogP contribution is -2.37. The fourth-order valence-electron chi connectivity index (χ4n) is 2.81. The van der Waals surface area contributed by atoms with E-state index in [1.54, 1.807) is 28.8 Å². The van der Waals surface area contributed by atoms with E-state index in [4.69, 9.17) is 0 Å². The first kappa shape index (κ1) is 16.8. The summed E-state index contributed by atoms with van der Waals surface area (Å²) >= 11 is 1.75. The van der Waals surface area contributed by atoms with E-state index in [0.717, 1.165) is 11.5 Å². The fourth-order valence-corrected chi connectivity index (χ4v) is 5.39. The molecule has 2 saturated heterocycles. The molecule has 1 amide bonds. The Kier molecular flexibility index (Phi) is 4.96. The third kappa shape index (κ3) is 3.55. The molecule has 1 aromatic carbocycles. The number of amides is 1. The van der Waals surface area contributed by atoms with Crippen LogP contribution in [0, 0.1) is 0 Å². The van der Waals surface area contributed by atoms with Crippen molar-refractivity contribution >= 4 is 27.7 Å². The van der Waals surface area contributed by atoms with Gasteiger partial charge in [0.05, 0.1) is 11.0 Å². The zero-order valence-corrected chi connectivity index (χ0v) is 14.4. The summed E-state index contributed by atoms with van der Waals surface area (Å²) in [5.74, 6) is 1.46. The highest BCUT2D eigenvalue weighted by Crippen LogP contribution is 2.21. The molecule has 0 aromatic heterocycles. The molecule has 0 saturated carbocycles. The molecule has 0 bridgehead atoms. The lowest BCUT2D eigenvalue weighted by molar-refractivity contribution is 0.0765. The maximum Gasteiger partial charge on any atom is 0.253 e. The number of rotatable bonds is 3. The average molecular weight is 356 g/mol. The number of hydrogen-bond donors (Lipinski definition) is 1. The van der Waals surface area contributed by atoms with Crippen LogP contribution in [0.1, 0.15) is 16.8 Å². The number of thioether (sulfide) groups is 1. The van der Waals surface area contributed by atoms with E-state index in [0.29, 0.717) is 38.2 Å². The Morgan fingerprint density at radius 1 is 1.13 bits per heavy atom. The van der Waals surface area contributed by atoms with Gasteiger partial charge in [0.15, 0.2) is 0 Å². The van der Waals surface area contributed by atoms with Crippen LogP contribution < -0.4 is 0 Å². The number of nitrogens with zero attached hydrogens (tertiary/aromatic N) is 2. The molecule has 2 aliphatic rings. The van der Waals surface area contributed by atoms with Crippen molar-refractivity contribution in [2.75, 3.05) is 37.7 Å². The molecule has 1 unspecified atom stereocenters. The van der Waals surface area contributed by atoms with Gasteiger partial charge in [-0.15, -0.1) is 0 Å². The molecule has 8 heteroatoms. The number of likely N-dealkylation sites (tertiary alicyclic amines) is 1. The number of hydrogen-bond acceptors (Lipinski definition) is 5. The summed E-state index contributed by atoms with van der Waals surface area (Å²) in [6.45, 7) is 1.93. The topological polar surface area (TPSA) is 77.9 Å². The lowest BCUT2D eigenvalue weighted by Gasteiger charge is -2.25. The highest BCUT2D eigenvalue weighted by molar-refractivity contribution is 7.99. The van der Waals surface area contributed by atoms with Crippen molar-refractivity contribution in [1.29, 1.82) is 0 Å². The van der Waals surface area contributed by atoms with Gasteiger partial charge in [-0.05, 0) is 30.7 Å². The summed E-state index contributed by atoms with van der Waals surface area (Å²) < 4.78 is 26.6. The fraction of sp³-hybridized carbons (Fsp3) is 0.533. The summed E-state index contributed by atoms with van der Waals surface area (Å²) in [4.78, 5) is 14.1. The highest BCUT2D eigenvalue weighted by Gasteiger charge is 2.28. The van der Waals surface area contributed by atoms with Gasteiger partial charge in [0.2, 0.25) is 10.0 Å². The van der Waals surface area contributed by atoms with Crippen LogP contribution >= 0.6 is 11.8 Å². The van der Waals surface area contributed by atoms with Gasteiger partial charge in [-0.2, -0.15) is 16.1 Å². The van der Waals surface area contributed by atoms with Gasteiger partial charge in [0.25, 0.3) is 5.91 Å². The van der Waals surface area contributed by atoms with E-state index in [1.165, 1.54) is 16.4 Å². The molecule has 2 aliphatic heterocycles. The van der Waals surface area contributed by atoms with E-state index in [9.17, 15) is 18.3 Å². The van der Waals surface area contributed by atoms with Gasteiger partial charge in [0, 0.05) is 43.2 Å². The van der Waals surface area contributed by atoms with Crippen LogP contribution in [0.15, 0.2) is 29.2 Å². The number of sulfonamides is 1. The third-order valence-corrected chi connectivity index (χ3v) is 7.02. The van der Waals surface area contributed by atoms with Crippen molar-refractivity contribution in [3.63, 3.8) is 0 Å². The molecular formula is C15H20N2O4S2. The highest BCUT2D eigenvalue weighted by atomic mass is 32.2. The second kappa shape index (κ2) is 6.80. The minimum atomic E-state index is -3.48. The number of carbonyl (C=O) groups excluding carboxylic acids is 1. The van der Waals surface area contributed by atoms with E-state index in [-0.39, 0.29) is 10.8 Å². The minimum Gasteiger partial charge on any atom is -0.391 e. The first-order valence-corrected chi connectivity index (χ1v) is 10.2. The quantitative estimate of drug-likeness (QED) is 0.860. The van der Waals surface area contributed by atoms with Gasteiger partial charge in [0.1, 0.15) is 0 Å². The van der Waals surface area contributed by atoms with Gasteiger partial charge < -0.3 is 10.0 Å². The molecule has 0 aliphatic carbocycles. The predicted octanol–water partition coefficient (Wildman–Crippen LogP) is 0.631. The number of benzene rings is 1. The molecule has 2 heterocycles. The van der Waals surface area contributed by atoms with Crippen LogP contribution in [0.3, 0.4) is 0 Å². The number of aliphatic hydroxyl groups is 1. The molecule has 23 heavy (non-hydrogen) atoms. The molecule has 1 atom stereocenters. The van der Waals surface area contributed by atoms with Crippen LogP contribution in [0.2, 0.25) is 0 Å². The Morgan fingerprint density at radius 3 is 2.35 bits per heavy atom. The summed E-state index contributed by atoms with van der Waals surface area (Å²) in [5, 5.41) is 9.51. The van der Waals surface area contributed by atoms with Crippen LogP contribution in [-0.4, -0.2) is 72.4 Å². The van der Waals surface area contributed by atoms with Crippen LogP contribution in [0.4, 0.5) is 0 Å². The Hall–Kier alpha value is -1.09. The molecule has 126 valence electrons. The van der Waals surface area contributed by atoms with Gasteiger partial charge in [-0.1, -0.05) is 0 Å². The Balaban J connectivity index is 1.75. The van der Waals surface area contributed by atoms with E-state index >= 15 is 0 Å². The number of aliphatic hydroxyl groups excluding tert-OH is 1. The second-order valence-corrected chi connectivity index (χ2v) is 8.90. The molecule has 1 N–H and O–H groups in total. The lowest BCUT2D eigenvalue weighted by atomic mass is 10.2. The molecular weight excluding hydrogens is 336 g/mol. The molecule has 3 rings (SSSR count). The van der Waals surface area contributed by atoms with Crippen molar-refractivity contribution in [2.24, 2.45) is 0 Å².